The van der Waals surface area contributed by atoms with Crippen molar-refractivity contribution < 1.29 is 19.4 Å². The highest BCUT2D eigenvalue weighted by Crippen LogP contribution is 2.27. The second kappa shape index (κ2) is 9.01. The number of rotatable bonds is 5. The van der Waals surface area contributed by atoms with Crippen molar-refractivity contribution in [3.8, 4) is 0 Å². The number of nitrogens with zero attached hydrogens (tertiary/aromatic N) is 1. The van der Waals surface area contributed by atoms with Crippen LogP contribution in [0.25, 0.3) is 0 Å². The van der Waals surface area contributed by atoms with Gasteiger partial charge < -0.3 is 15.2 Å². The van der Waals surface area contributed by atoms with Crippen molar-refractivity contribution in [3.05, 3.63) is 34.9 Å². The number of carboxylic acid groups (broad SMARTS) is 1. The lowest BCUT2D eigenvalue weighted by molar-refractivity contribution is -0.138. The van der Waals surface area contributed by atoms with Gasteiger partial charge in [-0.3, -0.25) is 14.5 Å². The Morgan fingerprint density at radius 3 is 2.75 bits per heavy atom. The summed E-state index contributed by atoms with van der Waals surface area (Å²) in [5, 5.41) is 11.0. The third kappa shape index (κ3) is 5.47. The van der Waals surface area contributed by atoms with E-state index in [0.29, 0.717) is 13.2 Å². The zero-order chi connectivity index (χ0) is 17.0. The minimum atomic E-state index is -1.04. The normalized spacial score (nSPS) is 21.0. The number of aliphatic carboxylic acids is 1. The van der Waals surface area contributed by atoms with E-state index in [4.69, 9.17) is 9.84 Å². The smallest absolute Gasteiger partial charge is 0.322 e. The van der Waals surface area contributed by atoms with E-state index in [1.807, 2.05) is 18.7 Å². The van der Waals surface area contributed by atoms with Crippen LogP contribution in [0, 0.1) is 13.8 Å². The molecular weight excluding hydrogens is 332 g/mol. The first-order chi connectivity index (χ1) is 10.9. The summed E-state index contributed by atoms with van der Waals surface area (Å²) >= 11 is 0. The van der Waals surface area contributed by atoms with Crippen LogP contribution < -0.4 is 5.32 Å². The zero-order valence-electron chi connectivity index (χ0n) is 14.2. The van der Waals surface area contributed by atoms with Gasteiger partial charge in [-0.1, -0.05) is 23.8 Å². The van der Waals surface area contributed by atoms with Crippen molar-refractivity contribution >= 4 is 24.3 Å². The number of ether oxygens (including phenoxy) is 1. The number of aryl methyl sites for hydroxylation is 2. The predicted molar refractivity (Wildman–Crippen MR) is 93.5 cm³/mol. The van der Waals surface area contributed by atoms with E-state index in [1.54, 1.807) is 0 Å². The van der Waals surface area contributed by atoms with Gasteiger partial charge in [0.1, 0.15) is 6.54 Å². The number of carboxylic acids is 1. The van der Waals surface area contributed by atoms with Crippen LogP contribution in [-0.2, 0) is 14.3 Å². The number of carbonyl (C=O) groups is 2. The molecule has 2 unspecified atom stereocenters. The molecule has 6 nitrogen and oxygen atoms in total. The van der Waals surface area contributed by atoms with Crippen molar-refractivity contribution in [1.82, 2.24) is 10.2 Å². The fraction of sp³-hybridized carbons (Fsp3) is 0.529. The Balaban J connectivity index is 0.00000288. The van der Waals surface area contributed by atoms with E-state index in [9.17, 15) is 9.59 Å². The van der Waals surface area contributed by atoms with Gasteiger partial charge in [0, 0.05) is 12.6 Å². The molecule has 0 aromatic heterocycles. The Kier molecular flexibility index (Phi) is 7.66. The maximum Gasteiger partial charge on any atom is 0.322 e. The van der Waals surface area contributed by atoms with Crippen LogP contribution in [0.1, 0.15) is 29.7 Å². The molecule has 2 atom stereocenters. The molecule has 0 saturated carbocycles. The summed E-state index contributed by atoms with van der Waals surface area (Å²) in [7, 11) is 0. The number of carbonyl (C=O) groups excluding carboxylic acids is 1. The number of hydrogen-bond donors (Lipinski definition) is 2. The van der Waals surface area contributed by atoms with E-state index < -0.39 is 5.97 Å². The molecule has 134 valence electrons. The van der Waals surface area contributed by atoms with E-state index in [1.165, 1.54) is 11.1 Å². The van der Waals surface area contributed by atoms with Crippen molar-refractivity contribution in [2.75, 3.05) is 26.2 Å². The summed E-state index contributed by atoms with van der Waals surface area (Å²) in [6.45, 7) is 7.10. The number of hydrogen-bond acceptors (Lipinski definition) is 4. The lowest BCUT2D eigenvalue weighted by Crippen LogP contribution is -2.49. The first-order valence-electron chi connectivity index (χ1n) is 7.78. The van der Waals surface area contributed by atoms with Gasteiger partial charge in [0.05, 0.1) is 19.3 Å². The van der Waals surface area contributed by atoms with Gasteiger partial charge in [-0.15, -0.1) is 12.4 Å². The molecule has 0 radical (unpaired) electrons. The molecule has 1 amide bonds. The maximum absolute atomic E-state index is 11.9. The van der Waals surface area contributed by atoms with Crippen molar-refractivity contribution in [1.29, 1.82) is 0 Å². The fourth-order valence-electron chi connectivity index (χ4n) is 2.74. The molecule has 1 heterocycles. The third-order valence-electron chi connectivity index (χ3n) is 4.13. The van der Waals surface area contributed by atoms with Crippen LogP contribution in [0.15, 0.2) is 18.2 Å². The summed E-state index contributed by atoms with van der Waals surface area (Å²) < 4.78 is 5.95. The van der Waals surface area contributed by atoms with Gasteiger partial charge in [-0.2, -0.15) is 0 Å². The van der Waals surface area contributed by atoms with Crippen molar-refractivity contribution in [3.63, 3.8) is 0 Å². The van der Waals surface area contributed by atoms with Gasteiger partial charge in [0.25, 0.3) is 0 Å². The van der Waals surface area contributed by atoms with E-state index in [-0.39, 0.29) is 43.5 Å². The monoisotopic (exact) mass is 356 g/mol. The van der Waals surface area contributed by atoms with Gasteiger partial charge in [0.2, 0.25) is 5.91 Å². The average molecular weight is 357 g/mol. The zero-order valence-corrected chi connectivity index (χ0v) is 15.1. The molecule has 1 aliphatic rings. The summed E-state index contributed by atoms with van der Waals surface area (Å²) in [4.78, 5) is 24.4. The van der Waals surface area contributed by atoms with Crippen molar-refractivity contribution in [2.24, 2.45) is 0 Å². The third-order valence-corrected chi connectivity index (χ3v) is 4.13. The molecule has 1 aliphatic heterocycles. The Morgan fingerprint density at radius 1 is 1.38 bits per heavy atom. The summed E-state index contributed by atoms with van der Waals surface area (Å²) in [5.74, 6) is -1.32. The summed E-state index contributed by atoms with van der Waals surface area (Å²) in [6.07, 6.45) is -0.0710. The van der Waals surface area contributed by atoms with Crippen LogP contribution >= 0.6 is 12.4 Å². The molecule has 1 aromatic rings. The van der Waals surface area contributed by atoms with Gasteiger partial charge in [-0.05, 0) is 31.9 Å². The first-order valence-corrected chi connectivity index (χ1v) is 7.78. The lowest BCUT2D eigenvalue weighted by atomic mass is 9.99. The summed E-state index contributed by atoms with van der Waals surface area (Å²) in [6, 6.07) is 6.39. The highest BCUT2D eigenvalue weighted by Gasteiger charge is 2.29. The SMILES string of the molecule is Cc1ccc(C)c(C2CN(CC(=O)NCC(=O)O)C(C)CO2)c1.Cl. The molecule has 0 bridgehead atoms. The van der Waals surface area contributed by atoms with E-state index in [0.717, 1.165) is 5.56 Å². The van der Waals surface area contributed by atoms with Crippen LogP contribution in [-0.4, -0.2) is 54.2 Å². The maximum atomic E-state index is 11.9. The topological polar surface area (TPSA) is 78.9 Å². The number of halogens is 1. The highest BCUT2D eigenvalue weighted by molar-refractivity contribution is 5.85. The number of morpholine rings is 1. The molecule has 0 spiro atoms. The molecule has 1 saturated heterocycles. The highest BCUT2D eigenvalue weighted by atomic mass is 35.5. The van der Waals surface area contributed by atoms with Gasteiger partial charge >= 0.3 is 5.97 Å². The Morgan fingerprint density at radius 2 is 2.08 bits per heavy atom. The summed E-state index contributed by atoms with van der Waals surface area (Å²) in [5.41, 5.74) is 3.50. The van der Waals surface area contributed by atoms with Gasteiger partial charge in [-0.25, -0.2) is 0 Å². The number of nitrogens with one attached hydrogen (secondary N) is 1. The first kappa shape index (κ1) is 20.4. The Bertz CT molecular complexity index is 594. The lowest BCUT2D eigenvalue weighted by Gasteiger charge is -2.38. The molecule has 0 aliphatic carbocycles. The van der Waals surface area contributed by atoms with E-state index in [2.05, 4.69) is 30.4 Å². The minimum absolute atomic E-state index is 0. The van der Waals surface area contributed by atoms with Crippen LogP contribution in [0.2, 0.25) is 0 Å². The fourth-order valence-corrected chi connectivity index (χ4v) is 2.74. The largest absolute Gasteiger partial charge is 0.480 e. The van der Waals surface area contributed by atoms with E-state index >= 15 is 0 Å². The van der Waals surface area contributed by atoms with Crippen LogP contribution in [0.5, 0.6) is 0 Å². The molecule has 1 aromatic carbocycles. The number of benzene rings is 1. The second-order valence-electron chi connectivity index (χ2n) is 6.13. The van der Waals surface area contributed by atoms with Gasteiger partial charge in [0.15, 0.2) is 0 Å². The molecule has 24 heavy (non-hydrogen) atoms. The van der Waals surface area contributed by atoms with Crippen LogP contribution in [0.4, 0.5) is 0 Å². The molecule has 2 rings (SSSR count). The molecule has 7 heteroatoms. The van der Waals surface area contributed by atoms with Crippen LogP contribution in [0.3, 0.4) is 0 Å². The second-order valence-corrected chi connectivity index (χ2v) is 6.13. The average Bonchev–Trinajstić information content (AvgIpc) is 2.50. The molecular formula is C17H25ClN2O4. The Hall–Kier alpha value is -1.63. The minimum Gasteiger partial charge on any atom is -0.480 e. The number of amides is 1. The molecule has 1 fully saturated rings. The van der Waals surface area contributed by atoms with Crippen molar-refractivity contribution in [2.45, 2.75) is 32.9 Å². The molecule has 2 N–H and O–H groups in total. The Labute approximate surface area is 148 Å². The predicted octanol–water partition coefficient (Wildman–Crippen LogP) is 1.69. The quantitative estimate of drug-likeness (QED) is 0.839. The standard InChI is InChI=1S/C17H24N2O4.ClH/c1-11-4-5-12(2)14(6-11)15-8-19(13(3)10-23-15)9-16(20)18-7-17(21)22;/h4-6,13,15H,7-10H2,1-3H3,(H,18,20)(H,21,22);1H.